The van der Waals surface area contributed by atoms with E-state index in [1.54, 1.807) is 9.81 Å². The van der Waals surface area contributed by atoms with Gasteiger partial charge in [-0.1, -0.05) is 61.4 Å². The van der Waals surface area contributed by atoms with Crippen LogP contribution in [-0.2, 0) is 23.7 Å². The molecule has 0 amide bonds. The lowest BCUT2D eigenvalue weighted by atomic mass is 9.60. The van der Waals surface area contributed by atoms with Crippen LogP contribution in [0.15, 0.2) is 42.9 Å². The number of furan rings is 2. The Bertz CT molecular complexity index is 1080. The molecule has 4 heteroatoms. The topological polar surface area (TPSA) is 26.3 Å². The van der Waals surface area contributed by atoms with Crippen molar-refractivity contribution in [2.45, 2.75) is 90.9 Å². The lowest BCUT2D eigenvalue weighted by Crippen LogP contribution is -2.40. The lowest BCUT2D eigenvalue weighted by molar-refractivity contribution is 0.189. The molecule has 0 saturated carbocycles. The van der Waals surface area contributed by atoms with E-state index in [1.807, 2.05) is 21.6 Å². The second kappa shape index (κ2) is 8.13. The maximum Gasteiger partial charge on any atom is 0.108 e. The van der Waals surface area contributed by atoms with Gasteiger partial charge in [-0.2, -0.15) is 0 Å². The molecule has 0 aromatic carbocycles. The lowest BCUT2D eigenvalue weighted by Gasteiger charge is -2.45. The zero-order chi connectivity index (χ0) is 23.8. The van der Waals surface area contributed by atoms with Crippen molar-refractivity contribution in [3.05, 3.63) is 68.3 Å². The molecule has 0 fully saturated rings. The maximum absolute atomic E-state index is 6.12. The molecule has 6 rings (SSSR count). The molecule has 34 heavy (non-hydrogen) atoms. The quantitative estimate of drug-likeness (QED) is 0.398. The summed E-state index contributed by atoms with van der Waals surface area (Å²) in [6.45, 7) is 13.9. The van der Waals surface area contributed by atoms with Crippen LogP contribution in [0.2, 0.25) is 0 Å². The van der Waals surface area contributed by atoms with Gasteiger partial charge in [-0.15, -0.1) is 0 Å². The van der Waals surface area contributed by atoms with Gasteiger partial charge < -0.3 is 8.83 Å². The van der Waals surface area contributed by atoms with E-state index in [4.69, 9.17) is 8.83 Å². The highest BCUT2D eigenvalue weighted by Gasteiger charge is 2.46. The van der Waals surface area contributed by atoms with E-state index in [-0.39, 0.29) is 10.8 Å². The van der Waals surface area contributed by atoms with Crippen LogP contribution in [0.1, 0.15) is 87.5 Å². The Kier molecular flexibility index (Phi) is 5.54. The van der Waals surface area contributed by atoms with E-state index in [9.17, 15) is 0 Å². The first kappa shape index (κ1) is 23.2. The second-order valence-electron chi connectivity index (χ2n) is 12.3. The molecule has 0 radical (unpaired) electrons. The van der Waals surface area contributed by atoms with Gasteiger partial charge >= 0.3 is 0 Å². The first-order valence-electron chi connectivity index (χ1n) is 13.1. The van der Waals surface area contributed by atoms with Crippen LogP contribution in [0.3, 0.4) is 0 Å². The average molecular weight is 495 g/mol. The number of hydrogen-bond acceptors (Lipinski definition) is 4. The minimum atomic E-state index is 0.202. The number of fused-ring (bicyclic) bond motifs is 4. The summed E-state index contributed by atoms with van der Waals surface area (Å²) < 4.78 is 12.2. The number of allylic oxidation sites excluding steroid dienone is 4. The number of hydrogen-bond donors (Lipinski definition) is 0. The van der Waals surface area contributed by atoms with Crippen LogP contribution >= 0.6 is 21.6 Å². The highest BCUT2D eigenvalue weighted by atomic mass is 33.1. The fourth-order valence-electron chi connectivity index (χ4n) is 7.69. The normalized spacial score (nSPS) is 31.0. The molecule has 4 aliphatic carbocycles. The Labute approximate surface area is 212 Å². The van der Waals surface area contributed by atoms with Gasteiger partial charge in [0.1, 0.15) is 23.0 Å². The molecule has 0 aliphatic heterocycles. The van der Waals surface area contributed by atoms with Crippen molar-refractivity contribution >= 4 is 21.6 Å². The van der Waals surface area contributed by atoms with Gasteiger partial charge in [0, 0.05) is 12.8 Å². The molecule has 2 aromatic heterocycles. The van der Waals surface area contributed by atoms with Crippen LogP contribution in [0, 0.1) is 37.5 Å². The summed E-state index contributed by atoms with van der Waals surface area (Å²) in [7, 11) is 4.06. The molecular weight excluding hydrogens is 456 g/mol. The SMILES string of the molecule is Cc1cc2c(o1)C[C@H]1C=C(SSC3=C[C@@H]4Cc5oc(C)cc5C(C)(C)[C@@H]4CC3)CC[C@H]1C2(C)C. The van der Waals surface area contributed by atoms with Gasteiger partial charge in [-0.25, -0.2) is 0 Å². The van der Waals surface area contributed by atoms with Gasteiger partial charge in [0.15, 0.2) is 0 Å². The van der Waals surface area contributed by atoms with Gasteiger partial charge in [-0.3, -0.25) is 0 Å². The summed E-state index contributed by atoms with van der Waals surface area (Å²) >= 11 is 0. The summed E-state index contributed by atoms with van der Waals surface area (Å²) in [5.74, 6) is 7.24. The molecule has 4 atom stereocenters. The maximum atomic E-state index is 6.12. The van der Waals surface area contributed by atoms with Gasteiger partial charge in [-0.05, 0) is 107 Å². The number of rotatable bonds is 3. The van der Waals surface area contributed by atoms with Crippen LogP contribution in [0.5, 0.6) is 0 Å². The van der Waals surface area contributed by atoms with E-state index in [2.05, 4.69) is 65.8 Å². The molecule has 182 valence electrons. The predicted octanol–water partition coefficient (Wildman–Crippen LogP) is 9.06. The first-order chi connectivity index (χ1) is 16.1. The van der Waals surface area contributed by atoms with Gasteiger partial charge in [0.05, 0.1) is 0 Å². The van der Waals surface area contributed by atoms with E-state index >= 15 is 0 Å². The third-order valence-electron chi connectivity index (χ3n) is 9.44. The minimum Gasteiger partial charge on any atom is -0.466 e. The van der Waals surface area contributed by atoms with Gasteiger partial charge in [0.2, 0.25) is 0 Å². The third kappa shape index (κ3) is 3.70. The fourth-order valence-corrected chi connectivity index (χ4v) is 10.2. The zero-order valence-electron chi connectivity index (χ0n) is 21.5. The number of aryl methyl sites for hydroxylation is 2. The minimum absolute atomic E-state index is 0.202. The predicted molar refractivity (Wildman–Crippen MR) is 144 cm³/mol. The molecule has 0 bridgehead atoms. The summed E-state index contributed by atoms with van der Waals surface area (Å²) in [6.07, 6.45) is 12.4. The monoisotopic (exact) mass is 494 g/mol. The Morgan fingerprint density at radius 1 is 0.706 bits per heavy atom. The largest absolute Gasteiger partial charge is 0.466 e. The summed E-state index contributed by atoms with van der Waals surface area (Å²) in [5.41, 5.74) is 3.32. The first-order valence-corrected chi connectivity index (χ1v) is 15.2. The highest BCUT2D eigenvalue weighted by molar-refractivity contribution is 8.79. The molecule has 0 unspecified atom stereocenters. The van der Waals surface area contributed by atoms with Crippen LogP contribution in [-0.4, -0.2) is 0 Å². The summed E-state index contributed by atoms with van der Waals surface area (Å²) in [5, 5.41) is 0. The molecular formula is C30H38O2S2. The zero-order valence-corrected chi connectivity index (χ0v) is 23.1. The van der Waals surface area contributed by atoms with Crippen molar-refractivity contribution < 1.29 is 8.83 Å². The second-order valence-corrected chi connectivity index (χ2v) is 14.7. The summed E-state index contributed by atoms with van der Waals surface area (Å²) in [4.78, 5) is 3.15. The Balaban J connectivity index is 1.16. The van der Waals surface area contributed by atoms with Crippen LogP contribution in [0.25, 0.3) is 0 Å². The Hall–Kier alpha value is -1.26. The smallest absolute Gasteiger partial charge is 0.108 e. The van der Waals surface area contributed by atoms with Crippen molar-refractivity contribution in [3.63, 3.8) is 0 Å². The van der Waals surface area contributed by atoms with Crippen LogP contribution < -0.4 is 0 Å². The Morgan fingerprint density at radius 3 is 1.53 bits per heavy atom. The van der Waals surface area contributed by atoms with Crippen molar-refractivity contribution in [1.82, 2.24) is 0 Å². The molecule has 2 nitrogen and oxygen atoms in total. The molecule has 4 aliphatic rings. The van der Waals surface area contributed by atoms with Gasteiger partial charge in [0.25, 0.3) is 0 Å². The van der Waals surface area contributed by atoms with Crippen molar-refractivity contribution in [3.8, 4) is 0 Å². The fraction of sp³-hybridized carbons (Fsp3) is 0.600. The molecule has 0 saturated heterocycles. The van der Waals surface area contributed by atoms with E-state index in [0.717, 1.165) is 36.2 Å². The highest BCUT2D eigenvalue weighted by Crippen LogP contribution is 2.55. The van der Waals surface area contributed by atoms with Crippen molar-refractivity contribution in [2.24, 2.45) is 23.7 Å². The average Bonchev–Trinajstić information content (AvgIpc) is 3.34. The van der Waals surface area contributed by atoms with Crippen molar-refractivity contribution in [2.75, 3.05) is 0 Å². The Morgan fingerprint density at radius 2 is 1.12 bits per heavy atom. The van der Waals surface area contributed by atoms with E-state index < -0.39 is 0 Å². The third-order valence-corrected chi connectivity index (χ3v) is 12.2. The molecule has 0 spiro atoms. The molecule has 2 aromatic rings. The van der Waals surface area contributed by atoms with E-state index in [0.29, 0.717) is 11.8 Å². The molecule has 2 heterocycles. The van der Waals surface area contributed by atoms with Crippen LogP contribution in [0.4, 0.5) is 0 Å². The summed E-state index contributed by atoms with van der Waals surface area (Å²) in [6, 6.07) is 4.58. The standard InChI is InChI=1S/C30H38O2S2/c1-17-11-25-27(31-17)15-19-13-21(7-9-23(19)29(25,3)4)33-34-22-8-10-24-20(14-22)16-28-26(30(24,5)6)12-18(2)32-28/h11-14,19-20,23-24H,7-10,15-16H2,1-6H3/t19-,20-,23-,24-/m1/s1. The van der Waals surface area contributed by atoms with E-state index in [1.165, 1.54) is 48.3 Å². The molecule has 0 N–H and O–H groups in total. The van der Waals surface area contributed by atoms with Crippen molar-refractivity contribution in [1.29, 1.82) is 0 Å².